The molecule has 0 aromatic heterocycles. The molecule has 2 aromatic carbocycles. The summed E-state index contributed by atoms with van der Waals surface area (Å²) in [4.78, 5) is 24.2. The highest BCUT2D eigenvalue weighted by Crippen LogP contribution is 2.30. The Morgan fingerprint density at radius 1 is 1.14 bits per heavy atom. The molecule has 1 N–H and O–H groups in total. The van der Waals surface area contributed by atoms with Gasteiger partial charge in [-0.15, -0.1) is 0 Å². The Bertz CT molecular complexity index is 824. The Balaban J connectivity index is 2.04. The van der Waals surface area contributed by atoms with Crippen LogP contribution in [0.25, 0.3) is 0 Å². The number of hydrogen-bond acceptors (Lipinski definition) is 5. The molecule has 0 fully saturated rings. The first kappa shape index (κ1) is 21.6. The standard InChI is InChI=1S/C21H24ClNO5/c1-4-11-23-20(24)14(2)28-21(25)15-9-10-18(19(12-15)26-3)27-13-16-7-5-6-8-17(16)22/h5-10,12,14H,4,11,13H2,1-3H3,(H,23,24). The molecule has 0 spiro atoms. The average Bonchev–Trinajstić information content (AvgIpc) is 2.71. The Labute approximate surface area is 169 Å². The minimum atomic E-state index is -0.888. The van der Waals surface area contributed by atoms with Gasteiger partial charge in [0.05, 0.1) is 12.7 Å². The highest BCUT2D eigenvalue weighted by atomic mass is 35.5. The molecule has 7 heteroatoms. The number of halogens is 1. The molecular weight excluding hydrogens is 382 g/mol. The van der Waals surface area contributed by atoms with E-state index in [9.17, 15) is 9.59 Å². The van der Waals surface area contributed by atoms with Crippen LogP contribution in [0.4, 0.5) is 0 Å². The Morgan fingerprint density at radius 2 is 1.89 bits per heavy atom. The fourth-order valence-corrected chi connectivity index (χ4v) is 2.55. The fourth-order valence-electron chi connectivity index (χ4n) is 2.36. The summed E-state index contributed by atoms with van der Waals surface area (Å²) in [6.07, 6.45) is -0.0830. The number of carbonyl (C=O) groups is 2. The second kappa shape index (κ2) is 10.6. The van der Waals surface area contributed by atoms with Crippen molar-refractivity contribution in [2.24, 2.45) is 0 Å². The molecule has 0 saturated carbocycles. The molecule has 28 heavy (non-hydrogen) atoms. The lowest BCUT2D eigenvalue weighted by Crippen LogP contribution is -2.36. The number of ether oxygens (including phenoxy) is 3. The van der Waals surface area contributed by atoms with E-state index in [1.54, 1.807) is 18.2 Å². The maximum Gasteiger partial charge on any atom is 0.339 e. The Hall–Kier alpha value is -2.73. The lowest BCUT2D eigenvalue weighted by Gasteiger charge is -2.15. The van der Waals surface area contributed by atoms with E-state index in [0.29, 0.717) is 23.1 Å². The second-order valence-corrected chi connectivity index (χ2v) is 6.49. The molecule has 0 bridgehead atoms. The third kappa shape index (κ3) is 5.89. The van der Waals surface area contributed by atoms with Gasteiger partial charge in [0.25, 0.3) is 5.91 Å². The summed E-state index contributed by atoms with van der Waals surface area (Å²) in [5, 5.41) is 3.29. The van der Waals surface area contributed by atoms with Gasteiger partial charge in [0, 0.05) is 17.1 Å². The molecule has 2 aromatic rings. The predicted octanol–water partition coefficient (Wildman–Crippen LogP) is 4.00. The maximum atomic E-state index is 12.3. The molecule has 6 nitrogen and oxygen atoms in total. The third-order valence-electron chi connectivity index (χ3n) is 3.94. The van der Waals surface area contributed by atoms with Crippen LogP contribution in [-0.2, 0) is 16.1 Å². The maximum absolute atomic E-state index is 12.3. The van der Waals surface area contributed by atoms with Crippen molar-refractivity contribution in [1.29, 1.82) is 0 Å². The zero-order valence-corrected chi connectivity index (χ0v) is 16.9. The van der Waals surface area contributed by atoms with E-state index in [0.717, 1.165) is 12.0 Å². The number of nitrogens with one attached hydrogen (secondary N) is 1. The highest BCUT2D eigenvalue weighted by Gasteiger charge is 2.19. The van der Waals surface area contributed by atoms with Crippen LogP contribution >= 0.6 is 11.6 Å². The van der Waals surface area contributed by atoms with Crippen LogP contribution in [0, 0.1) is 0 Å². The molecule has 1 atom stereocenters. The van der Waals surface area contributed by atoms with E-state index in [4.69, 9.17) is 25.8 Å². The Kier molecular flexibility index (Phi) is 8.14. The van der Waals surface area contributed by atoms with Crippen molar-refractivity contribution in [2.45, 2.75) is 33.0 Å². The number of carbonyl (C=O) groups excluding carboxylic acids is 2. The summed E-state index contributed by atoms with van der Waals surface area (Å²) in [5.41, 5.74) is 1.10. The monoisotopic (exact) mass is 405 g/mol. The topological polar surface area (TPSA) is 73.9 Å². The van der Waals surface area contributed by atoms with Gasteiger partial charge in [-0.25, -0.2) is 4.79 Å². The molecule has 0 heterocycles. The van der Waals surface area contributed by atoms with Crippen molar-refractivity contribution in [3.63, 3.8) is 0 Å². The number of benzene rings is 2. The van der Waals surface area contributed by atoms with E-state index < -0.39 is 12.1 Å². The van der Waals surface area contributed by atoms with Crippen LogP contribution < -0.4 is 14.8 Å². The van der Waals surface area contributed by atoms with E-state index in [-0.39, 0.29) is 18.1 Å². The van der Waals surface area contributed by atoms with Crippen LogP contribution in [0.1, 0.15) is 36.2 Å². The fraction of sp³-hybridized carbons (Fsp3) is 0.333. The normalized spacial score (nSPS) is 11.4. The summed E-state index contributed by atoms with van der Waals surface area (Å²) < 4.78 is 16.3. The smallest absolute Gasteiger partial charge is 0.339 e. The largest absolute Gasteiger partial charge is 0.493 e. The molecular formula is C21H24ClNO5. The van der Waals surface area contributed by atoms with Gasteiger partial charge in [0.2, 0.25) is 0 Å². The van der Waals surface area contributed by atoms with E-state index >= 15 is 0 Å². The summed E-state index contributed by atoms with van der Waals surface area (Å²) in [7, 11) is 1.48. The van der Waals surface area contributed by atoms with Gasteiger partial charge in [0.1, 0.15) is 6.61 Å². The van der Waals surface area contributed by atoms with Crippen molar-refractivity contribution in [3.8, 4) is 11.5 Å². The average molecular weight is 406 g/mol. The van der Waals surface area contributed by atoms with Crippen LogP contribution in [0.15, 0.2) is 42.5 Å². The highest BCUT2D eigenvalue weighted by molar-refractivity contribution is 6.31. The zero-order valence-electron chi connectivity index (χ0n) is 16.2. The quantitative estimate of drug-likeness (QED) is 0.638. The van der Waals surface area contributed by atoms with Crippen LogP contribution in [0.3, 0.4) is 0 Å². The predicted molar refractivity (Wildman–Crippen MR) is 107 cm³/mol. The Morgan fingerprint density at radius 3 is 2.57 bits per heavy atom. The number of esters is 1. The van der Waals surface area contributed by atoms with Gasteiger partial charge in [-0.2, -0.15) is 0 Å². The summed E-state index contributed by atoms with van der Waals surface area (Å²) >= 11 is 6.13. The van der Waals surface area contributed by atoms with Crippen LogP contribution in [0.2, 0.25) is 5.02 Å². The molecule has 0 radical (unpaired) electrons. The second-order valence-electron chi connectivity index (χ2n) is 6.08. The first-order valence-corrected chi connectivity index (χ1v) is 9.37. The molecule has 0 saturated heterocycles. The minimum absolute atomic E-state index is 0.258. The van der Waals surface area contributed by atoms with Gasteiger partial charge in [-0.3, -0.25) is 4.79 Å². The number of hydrogen-bond donors (Lipinski definition) is 1. The van der Waals surface area contributed by atoms with Gasteiger partial charge in [-0.1, -0.05) is 36.7 Å². The molecule has 0 aliphatic carbocycles. The van der Waals surface area contributed by atoms with Crippen LogP contribution in [0.5, 0.6) is 11.5 Å². The van der Waals surface area contributed by atoms with Crippen molar-refractivity contribution in [2.75, 3.05) is 13.7 Å². The van der Waals surface area contributed by atoms with Gasteiger partial charge in [-0.05, 0) is 37.6 Å². The zero-order chi connectivity index (χ0) is 20.5. The lowest BCUT2D eigenvalue weighted by atomic mass is 10.2. The van der Waals surface area contributed by atoms with E-state index in [1.165, 1.54) is 20.1 Å². The van der Waals surface area contributed by atoms with Gasteiger partial charge in [0.15, 0.2) is 17.6 Å². The molecule has 150 valence electrons. The molecule has 1 unspecified atom stereocenters. The van der Waals surface area contributed by atoms with Crippen molar-refractivity contribution in [1.82, 2.24) is 5.32 Å². The van der Waals surface area contributed by atoms with E-state index in [2.05, 4.69) is 5.32 Å². The first-order valence-electron chi connectivity index (χ1n) is 8.99. The summed E-state index contributed by atoms with van der Waals surface area (Å²) in [6, 6.07) is 12.1. The van der Waals surface area contributed by atoms with Gasteiger partial charge < -0.3 is 19.5 Å². The summed E-state index contributed by atoms with van der Waals surface area (Å²) in [6.45, 7) is 4.26. The molecule has 0 aliphatic heterocycles. The molecule has 0 aliphatic rings. The molecule has 2 rings (SSSR count). The minimum Gasteiger partial charge on any atom is -0.493 e. The summed E-state index contributed by atoms with van der Waals surface area (Å²) in [5.74, 6) is -0.103. The number of amides is 1. The SMILES string of the molecule is CCCNC(=O)C(C)OC(=O)c1ccc(OCc2ccccc2Cl)c(OC)c1. The molecule has 1 amide bonds. The first-order chi connectivity index (χ1) is 13.5. The lowest BCUT2D eigenvalue weighted by molar-refractivity contribution is -0.129. The number of methoxy groups -OCH3 is 1. The van der Waals surface area contributed by atoms with Crippen molar-refractivity contribution in [3.05, 3.63) is 58.6 Å². The van der Waals surface area contributed by atoms with Crippen molar-refractivity contribution >= 4 is 23.5 Å². The third-order valence-corrected chi connectivity index (χ3v) is 4.31. The number of rotatable bonds is 9. The van der Waals surface area contributed by atoms with Crippen molar-refractivity contribution < 1.29 is 23.8 Å². The van der Waals surface area contributed by atoms with E-state index in [1.807, 2.05) is 25.1 Å². The van der Waals surface area contributed by atoms with Gasteiger partial charge >= 0.3 is 5.97 Å². The van der Waals surface area contributed by atoms with Crippen LogP contribution in [-0.4, -0.2) is 31.6 Å².